The van der Waals surface area contributed by atoms with Gasteiger partial charge in [0.1, 0.15) is 5.69 Å². The fourth-order valence-electron chi connectivity index (χ4n) is 6.03. The van der Waals surface area contributed by atoms with E-state index in [1.807, 2.05) is 0 Å². The van der Waals surface area contributed by atoms with E-state index >= 15 is 0 Å². The Bertz CT molecular complexity index is 1120. The molecule has 1 N–H and O–H groups in total. The number of nitro benzene ring substituents is 2. The highest BCUT2D eigenvalue weighted by Gasteiger charge is 2.19. The third kappa shape index (κ3) is 38.8. The maximum absolute atomic E-state index is 11.2. The van der Waals surface area contributed by atoms with Gasteiger partial charge in [-0.3, -0.25) is 20.2 Å². The molecule has 0 radical (unpaired) electrons. The molecule has 0 aliphatic heterocycles. The maximum atomic E-state index is 11.2. The molecule has 0 aliphatic carbocycles. The number of unbranched alkanes of at least 4 members (excludes halogenated alkanes) is 15. The molecule has 17 nitrogen and oxygen atoms in total. The molecule has 0 bridgehead atoms. The minimum absolute atomic E-state index is 0.189. The molecule has 0 amide bonds. The van der Waals surface area contributed by atoms with Crippen molar-refractivity contribution >= 4 is 17.1 Å². The normalized spacial score (nSPS) is 11.4. The van der Waals surface area contributed by atoms with E-state index in [-0.39, 0.29) is 23.7 Å². The number of hydrogen-bond donors (Lipinski definition) is 1. The monoisotopic (exact) mass is 876 g/mol. The Morgan fingerprint density at radius 2 is 0.689 bits per heavy atom. The minimum atomic E-state index is -0.677. The highest BCUT2D eigenvalue weighted by atomic mass is 16.6. The number of rotatable bonds is 50. The third-order valence-corrected chi connectivity index (χ3v) is 9.44. The van der Waals surface area contributed by atoms with Crippen LogP contribution in [0.5, 0.6) is 0 Å². The summed E-state index contributed by atoms with van der Waals surface area (Å²) in [5.41, 5.74) is -0.516. The highest BCUT2D eigenvalue weighted by molar-refractivity contribution is 5.65. The van der Waals surface area contributed by atoms with E-state index in [1.165, 1.54) is 108 Å². The van der Waals surface area contributed by atoms with Crippen LogP contribution in [0, 0.1) is 20.2 Å². The number of nitrogens with zero attached hydrogens (tertiary/aromatic N) is 2. The molecule has 61 heavy (non-hydrogen) atoms. The van der Waals surface area contributed by atoms with Gasteiger partial charge in [0.05, 0.1) is 141 Å². The molecule has 0 atom stereocenters. The van der Waals surface area contributed by atoms with Crippen molar-refractivity contribution in [2.24, 2.45) is 0 Å². The van der Waals surface area contributed by atoms with Gasteiger partial charge in [-0.2, -0.15) is 0 Å². The zero-order chi connectivity index (χ0) is 43.9. The summed E-state index contributed by atoms with van der Waals surface area (Å²) in [7, 11) is 0. The second-order valence-corrected chi connectivity index (χ2v) is 14.6. The van der Waals surface area contributed by atoms with Crippen molar-refractivity contribution in [3.63, 3.8) is 0 Å². The fourth-order valence-corrected chi connectivity index (χ4v) is 6.03. The summed E-state index contributed by atoms with van der Waals surface area (Å²) in [5.74, 6) is 0. The molecule has 0 unspecified atom stereocenters. The topological polar surface area (TPSA) is 191 Å². The van der Waals surface area contributed by atoms with Gasteiger partial charge in [0.2, 0.25) is 0 Å². The zero-order valence-corrected chi connectivity index (χ0v) is 37.5. The van der Waals surface area contributed by atoms with Crippen molar-refractivity contribution in [3.05, 3.63) is 38.4 Å². The molecule has 0 aliphatic rings. The smallest absolute Gasteiger partial charge is 0.299 e. The van der Waals surface area contributed by atoms with Crippen LogP contribution in [0.2, 0.25) is 0 Å². The van der Waals surface area contributed by atoms with E-state index in [0.29, 0.717) is 125 Å². The molecule has 0 heterocycles. The predicted octanol–water partition coefficient (Wildman–Crippen LogP) is 8.34. The van der Waals surface area contributed by atoms with E-state index in [4.69, 9.17) is 47.4 Å². The molecule has 0 aromatic heterocycles. The van der Waals surface area contributed by atoms with Crippen molar-refractivity contribution in [1.29, 1.82) is 0 Å². The van der Waals surface area contributed by atoms with Crippen LogP contribution < -0.4 is 5.32 Å². The lowest BCUT2D eigenvalue weighted by molar-refractivity contribution is -0.393. The van der Waals surface area contributed by atoms with Crippen molar-refractivity contribution in [1.82, 2.24) is 0 Å². The van der Waals surface area contributed by atoms with Crippen molar-refractivity contribution in [2.45, 2.75) is 110 Å². The van der Waals surface area contributed by atoms with E-state index in [0.717, 1.165) is 19.1 Å². The molecule has 0 fully saturated rings. The van der Waals surface area contributed by atoms with Crippen LogP contribution in [0.25, 0.3) is 0 Å². The van der Waals surface area contributed by atoms with Crippen LogP contribution in [0.3, 0.4) is 0 Å². The minimum Gasteiger partial charge on any atom is -0.379 e. The molecular weight excluding hydrogens is 794 g/mol. The molecule has 356 valence electrons. The maximum Gasteiger partial charge on any atom is 0.299 e. The lowest BCUT2D eigenvalue weighted by Crippen LogP contribution is -2.16. The van der Waals surface area contributed by atoms with Gasteiger partial charge in [-0.25, -0.2) is 0 Å². The van der Waals surface area contributed by atoms with Gasteiger partial charge >= 0.3 is 0 Å². The summed E-state index contributed by atoms with van der Waals surface area (Å²) in [5, 5.41) is 24.9. The Morgan fingerprint density at radius 3 is 1.00 bits per heavy atom. The molecular formula is C44H81N3O14. The predicted molar refractivity (Wildman–Crippen MR) is 236 cm³/mol. The molecule has 17 heteroatoms. The molecule has 1 aromatic carbocycles. The van der Waals surface area contributed by atoms with Crippen molar-refractivity contribution in [2.75, 3.05) is 144 Å². The average molecular weight is 876 g/mol. The van der Waals surface area contributed by atoms with E-state index in [9.17, 15) is 20.2 Å². The molecule has 0 spiro atoms. The number of nitro groups is 2. The Balaban J connectivity index is 1.66. The number of hydrogen-bond acceptors (Lipinski definition) is 15. The Hall–Kier alpha value is -2.58. The Kier molecular flexibility index (Phi) is 42.0. The van der Waals surface area contributed by atoms with Gasteiger partial charge in [-0.15, -0.1) is 0 Å². The average Bonchev–Trinajstić information content (AvgIpc) is 3.26. The van der Waals surface area contributed by atoms with Crippen LogP contribution in [0.1, 0.15) is 110 Å². The summed E-state index contributed by atoms with van der Waals surface area (Å²) in [6, 6.07) is 3.44. The first-order chi connectivity index (χ1) is 30.1. The van der Waals surface area contributed by atoms with Crippen LogP contribution in [-0.2, 0) is 47.4 Å². The molecule has 1 rings (SSSR count). The second-order valence-electron chi connectivity index (χ2n) is 14.6. The molecule has 0 saturated heterocycles. The lowest BCUT2D eigenvalue weighted by Gasteiger charge is -2.09. The lowest BCUT2D eigenvalue weighted by atomic mass is 10.0. The van der Waals surface area contributed by atoms with Gasteiger partial charge in [-0.05, 0) is 12.5 Å². The van der Waals surface area contributed by atoms with E-state index < -0.39 is 9.85 Å². The van der Waals surface area contributed by atoms with Crippen LogP contribution in [0.4, 0.5) is 17.1 Å². The fraction of sp³-hybridized carbons (Fsp3) is 0.864. The summed E-state index contributed by atoms with van der Waals surface area (Å²) in [4.78, 5) is 20.7. The van der Waals surface area contributed by atoms with Crippen LogP contribution >= 0.6 is 0 Å². The number of ether oxygens (including phenoxy) is 10. The van der Waals surface area contributed by atoms with E-state index in [2.05, 4.69) is 12.2 Å². The first kappa shape index (κ1) is 56.4. The number of nitrogens with one attached hydrogen (secondary N) is 1. The van der Waals surface area contributed by atoms with Crippen LogP contribution in [0.15, 0.2) is 18.2 Å². The third-order valence-electron chi connectivity index (χ3n) is 9.44. The van der Waals surface area contributed by atoms with Crippen molar-refractivity contribution in [3.8, 4) is 0 Å². The standard InChI is InChI=1S/C44H81N3O14/c1-2-3-4-5-6-7-8-9-10-11-12-13-14-15-16-17-21-52-23-25-54-27-29-56-31-33-58-35-37-60-39-40-61-38-36-59-34-32-57-30-28-55-26-24-53-22-20-45-43-19-18-42(46(48)49)41-44(43)47(50)51/h18-19,41,45H,2-17,20-40H2,1H3. The molecule has 0 saturated carbocycles. The van der Waals surface area contributed by atoms with Gasteiger partial charge in [-0.1, -0.05) is 103 Å². The van der Waals surface area contributed by atoms with Gasteiger partial charge in [0, 0.05) is 19.2 Å². The zero-order valence-electron chi connectivity index (χ0n) is 37.5. The second kappa shape index (κ2) is 45.4. The summed E-state index contributed by atoms with van der Waals surface area (Å²) in [6.45, 7) is 12.4. The number of non-ortho nitro benzene ring substituents is 1. The summed E-state index contributed by atoms with van der Waals surface area (Å²) >= 11 is 0. The van der Waals surface area contributed by atoms with Crippen LogP contribution in [-0.4, -0.2) is 149 Å². The van der Waals surface area contributed by atoms with Crippen molar-refractivity contribution < 1.29 is 57.2 Å². The Morgan fingerprint density at radius 1 is 0.393 bits per heavy atom. The summed E-state index contributed by atoms with van der Waals surface area (Å²) < 4.78 is 55.2. The first-order valence-electron chi connectivity index (χ1n) is 23.0. The van der Waals surface area contributed by atoms with E-state index in [1.54, 1.807) is 0 Å². The first-order valence-corrected chi connectivity index (χ1v) is 23.0. The Labute approximate surface area is 365 Å². The number of anilines is 1. The quantitative estimate of drug-likeness (QED) is 0.0373. The van der Waals surface area contributed by atoms with Gasteiger partial charge < -0.3 is 52.7 Å². The largest absolute Gasteiger partial charge is 0.379 e. The number of benzene rings is 1. The molecule has 1 aromatic rings. The summed E-state index contributed by atoms with van der Waals surface area (Å²) in [6.07, 6.45) is 22.0. The SMILES string of the molecule is CCCCCCCCCCCCCCCCCCOCCOCCOCCOCCOCCOCCOCCOCCOCCOCCNc1ccc([N+](=O)[O-])cc1[N+](=O)[O-]. The van der Waals surface area contributed by atoms with Gasteiger partial charge in [0.15, 0.2) is 0 Å². The highest BCUT2D eigenvalue weighted by Crippen LogP contribution is 2.28. The van der Waals surface area contributed by atoms with Gasteiger partial charge in [0.25, 0.3) is 11.4 Å².